The number of nitrogens with zero attached hydrogens (tertiary/aromatic N) is 1. The third kappa shape index (κ3) is 4.51. The zero-order valence-electron chi connectivity index (χ0n) is 16.4. The highest BCUT2D eigenvalue weighted by molar-refractivity contribution is 5.36. The van der Waals surface area contributed by atoms with Gasteiger partial charge in [-0.15, -0.1) is 13.2 Å². The highest BCUT2D eigenvalue weighted by Crippen LogP contribution is 2.47. The second-order valence-electron chi connectivity index (χ2n) is 8.80. The number of alkyl halides is 3. The minimum absolute atomic E-state index is 0.242. The van der Waals surface area contributed by atoms with E-state index in [4.69, 9.17) is 4.74 Å². The van der Waals surface area contributed by atoms with Gasteiger partial charge in [0, 0.05) is 32.0 Å². The maximum atomic E-state index is 12.6. The number of hydrogen-bond donors (Lipinski definition) is 1. The number of methoxy groups -OCH3 is 1. The van der Waals surface area contributed by atoms with Crippen LogP contribution in [-0.2, 0) is 9.47 Å². The molecule has 0 spiro atoms. The van der Waals surface area contributed by atoms with Crippen LogP contribution in [0, 0.1) is 11.8 Å². The van der Waals surface area contributed by atoms with Gasteiger partial charge in [-0.1, -0.05) is 12.0 Å². The minimum Gasteiger partial charge on any atom is -0.508 e. The lowest BCUT2D eigenvalue weighted by atomic mass is 9.80. The van der Waals surface area contributed by atoms with E-state index >= 15 is 0 Å². The zero-order chi connectivity index (χ0) is 19.9. The summed E-state index contributed by atoms with van der Waals surface area (Å²) in [7, 11) is 1.60. The lowest BCUT2D eigenvalue weighted by Crippen LogP contribution is -2.47. The third-order valence-corrected chi connectivity index (χ3v) is 6.80. The van der Waals surface area contributed by atoms with Gasteiger partial charge >= 0.3 is 6.36 Å². The molecule has 0 aromatic heterocycles. The molecule has 7 heteroatoms. The number of hydrogen-bond acceptors (Lipinski definition) is 4. The van der Waals surface area contributed by atoms with E-state index in [1.165, 1.54) is 24.0 Å². The summed E-state index contributed by atoms with van der Waals surface area (Å²) < 4.78 is 47.5. The van der Waals surface area contributed by atoms with Gasteiger partial charge in [0.1, 0.15) is 11.5 Å². The van der Waals surface area contributed by atoms with E-state index < -0.39 is 12.5 Å². The van der Waals surface area contributed by atoms with Gasteiger partial charge in [0.05, 0.1) is 13.2 Å². The molecule has 4 aliphatic rings. The predicted molar refractivity (Wildman–Crippen MR) is 98.5 cm³/mol. The molecule has 0 saturated heterocycles. The molecule has 4 nitrogen and oxygen atoms in total. The van der Waals surface area contributed by atoms with E-state index in [1.54, 1.807) is 7.11 Å². The van der Waals surface area contributed by atoms with Crippen molar-refractivity contribution < 1.29 is 27.8 Å². The fourth-order valence-electron chi connectivity index (χ4n) is 5.44. The normalized spacial score (nSPS) is 32.5. The van der Waals surface area contributed by atoms with Gasteiger partial charge in [-0.05, 0) is 55.9 Å². The van der Waals surface area contributed by atoms with Crippen LogP contribution >= 0.6 is 0 Å². The van der Waals surface area contributed by atoms with Crippen LogP contribution in [0.4, 0.5) is 13.2 Å². The first-order chi connectivity index (χ1) is 13.3. The molecule has 3 atom stereocenters. The van der Waals surface area contributed by atoms with Crippen molar-refractivity contribution in [1.82, 2.24) is 4.90 Å². The van der Waals surface area contributed by atoms with Crippen molar-refractivity contribution in [2.24, 2.45) is 11.8 Å². The van der Waals surface area contributed by atoms with Crippen LogP contribution < -0.4 is 0 Å². The fourth-order valence-corrected chi connectivity index (χ4v) is 5.44. The summed E-state index contributed by atoms with van der Waals surface area (Å²) in [4.78, 5) is 2.49. The second-order valence-corrected chi connectivity index (χ2v) is 8.80. The lowest BCUT2D eigenvalue weighted by Gasteiger charge is -2.43. The smallest absolute Gasteiger partial charge is 0.508 e. The van der Waals surface area contributed by atoms with Gasteiger partial charge in [0.15, 0.2) is 0 Å². The SMILES string of the molecule is COC1=C(O)CC2=C(CCN(CC3CCCC(OC(F)(F)F)C3)C2C2CC2)C1. The standard InChI is InChI=1S/C21H30F3NO3/c1-27-19-10-15-7-8-25(20(14-5-6-14)17(15)11-18(19)26)12-13-3-2-4-16(9-13)28-21(22,23)24/h13-14,16,20,26H,2-12H2,1H3. The van der Waals surface area contributed by atoms with Gasteiger partial charge in [-0.3, -0.25) is 9.64 Å². The molecule has 3 aliphatic carbocycles. The minimum atomic E-state index is -4.54. The molecule has 0 aromatic carbocycles. The first-order valence-corrected chi connectivity index (χ1v) is 10.5. The molecule has 28 heavy (non-hydrogen) atoms. The van der Waals surface area contributed by atoms with Crippen LogP contribution in [0.5, 0.6) is 0 Å². The first kappa shape index (κ1) is 20.1. The Morgan fingerprint density at radius 3 is 2.61 bits per heavy atom. The van der Waals surface area contributed by atoms with Crippen LogP contribution in [0.3, 0.4) is 0 Å². The van der Waals surface area contributed by atoms with Crippen LogP contribution in [0.2, 0.25) is 0 Å². The molecule has 0 bridgehead atoms. The molecule has 2 fully saturated rings. The van der Waals surface area contributed by atoms with Gasteiger partial charge in [-0.25, -0.2) is 0 Å². The van der Waals surface area contributed by atoms with Crippen LogP contribution in [0.25, 0.3) is 0 Å². The van der Waals surface area contributed by atoms with Crippen LogP contribution in [0.15, 0.2) is 22.7 Å². The Labute approximate surface area is 164 Å². The maximum Gasteiger partial charge on any atom is 0.522 e. The van der Waals surface area contributed by atoms with E-state index in [2.05, 4.69) is 9.64 Å². The van der Waals surface area contributed by atoms with Crippen molar-refractivity contribution in [2.75, 3.05) is 20.2 Å². The maximum absolute atomic E-state index is 12.6. The summed E-state index contributed by atoms with van der Waals surface area (Å²) in [5.74, 6) is 1.88. The number of halogens is 3. The summed E-state index contributed by atoms with van der Waals surface area (Å²) in [6.07, 6.45) is 2.09. The summed E-state index contributed by atoms with van der Waals surface area (Å²) in [5, 5.41) is 10.4. The Morgan fingerprint density at radius 1 is 1.14 bits per heavy atom. The highest BCUT2D eigenvalue weighted by atomic mass is 19.4. The summed E-state index contributed by atoms with van der Waals surface area (Å²) in [6.45, 7) is 1.77. The molecule has 1 heterocycles. The Hall–Kier alpha value is -1.21. The van der Waals surface area contributed by atoms with E-state index in [9.17, 15) is 18.3 Å². The van der Waals surface area contributed by atoms with Crippen molar-refractivity contribution in [3.05, 3.63) is 22.7 Å². The number of rotatable bonds is 5. The monoisotopic (exact) mass is 401 g/mol. The molecule has 4 rings (SSSR count). The van der Waals surface area contributed by atoms with E-state index in [0.717, 1.165) is 32.4 Å². The quantitative estimate of drug-likeness (QED) is 0.653. The predicted octanol–water partition coefficient (Wildman–Crippen LogP) is 5.07. The Balaban J connectivity index is 1.43. The number of allylic oxidation sites excluding steroid dienone is 2. The average molecular weight is 401 g/mol. The van der Waals surface area contributed by atoms with Crippen molar-refractivity contribution in [2.45, 2.75) is 76.3 Å². The second kappa shape index (κ2) is 7.90. The molecular formula is C21H30F3NO3. The zero-order valence-corrected chi connectivity index (χ0v) is 16.4. The van der Waals surface area contributed by atoms with Crippen LogP contribution in [-0.4, -0.2) is 48.7 Å². The molecule has 0 amide bonds. The largest absolute Gasteiger partial charge is 0.522 e. The number of aliphatic hydroxyl groups excluding tert-OH is 1. The molecule has 1 N–H and O–H groups in total. The number of ether oxygens (including phenoxy) is 2. The average Bonchev–Trinajstić information content (AvgIpc) is 3.45. The molecule has 0 radical (unpaired) electrons. The molecular weight excluding hydrogens is 371 g/mol. The Kier molecular flexibility index (Phi) is 5.67. The molecule has 0 aromatic rings. The summed E-state index contributed by atoms with van der Waals surface area (Å²) >= 11 is 0. The Bertz CT molecular complexity index is 654. The van der Waals surface area contributed by atoms with Gasteiger partial charge < -0.3 is 9.84 Å². The van der Waals surface area contributed by atoms with Crippen molar-refractivity contribution in [3.63, 3.8) is 0 Å². The molecule has 158 valence electrons. The van der Waals surface area contributed by atoms with Gasteiger partial charge in [-0.2, -0.15) is 0 Å². The highest BCUT2D eigenvalue weighted by Gasteiger charge is 2.43. The molecule has 2 saturated carbocycles. The van der Waals surface area contributed by atoms with Gasteiger partial charge in [0.25, 0.3) is 0 Å². The lowest BCUT2D eigenvalue weighted by molar-refractivity contribution is -0.346. The Morgan fingerprint density at radius 2 is 1.93 bits per heavy atom. The molecule has 3 unspecified atom stereocenters. The molecule has 1 aliphatic heterocycles. The topological polar surface area (TPSA) is 41.9 Å². The van der Waals surface area contributed by atoms with Crippen molar-refractivity contribution in [1.29, 1.82) is 0 Å². The van der Waals surface area contributed by atoms with E-state index in [-0.39, 0.29) is 5.92 Å². The van der Waals surface area contributed by atoms with Crippen molar-refractivity contribution in [3.8, 4) is 0 Å². The van der Waals surface area contributed by atoms with E-state index in [0.29, 0.717) is 49.2 Å². The summed E-state index contributed by atoms with van der Waals surface area (Å²) in [5.41, 5.74) is 2.73. The third-order valence-electron chi connectivity index (χ3n) is 6.80. The first-order valence-electron chi connectivity index (χ1n) is 10.5. The van der Waals surface area contributed by atoms with Gasteiger partial charge in [0.2, 0.25) is 0 Å². The van der Waals surface area contributed by atoms with E-state index in [1.807, 2.05) is 0 Å². The van der Waals surface area contributed by atoms with Crippen LogP contribution in [0.1, 0.15) is 57.8 Å². The fraction of sp³-hybridized carbons (Fsp3) is 0.810. The number of aliphatic hydroxyl groups is 1. The van der Waals surface area contributed by atoms with Crippen molar-refractivity contribution >= 4 is 0 Å². The summed E-state index contributed by atoms with van der Waals surface area (Å²) in [6, 6.07) is 0.327.